The Morgan fingerprint density at radius 1 is 1.12 bits per heavy atom. The van der Waals surface area contributed by atoms with Gasteiger partial charge in [0.2, 0.25) is 5.91 Å². The third kappa shape index (κ3) is 8.02. The number of β-amino-alcohol motifs (C(OH)–C–C–N with tert-alkyl or cyclic N) is 1. The van der Waals surface area contributed by atoms with E-state index in [9.17, 15) is 21.2 Å². The molecule has 1 heterocycles. The maximum atomic E-state index is 13.6. The van der Waals surface area contributed by atoms with E-state index in [2.05, 4.69) is 10.6 Å². The highest BCUT2D eigenvalue weighted by Crippen LogP contribution is 2.39. The van der Waals surface area contributed by atoms with Gasteiger partial charge in [0.05, 0.1) is 19.5 Å². The fourth-order valence-electron chi connectivity index (χ4n) is 5.80. The molecule has 5 atom stereocenters. The number of carbonyl (C=O) groups excluding carboxylic acids is 2. The molecule has 4 N–H and O–H groups in total. The molecule has 0 bridgehead atoms. The lowest BCUT2D eigenvalue weighted by Crippen LogP contribution is -2.60. The van der Waals surface area contributed by atoms with Crippen LogP contribution in [0.5, 0.6) is 5.75 Å². The molecule has 2 amide bonds. The summed E-state index contributed by atoms with van der Waals surface area (Å²) in [5.41, 5.74) is -1.19. The molecule has 2 aromatic carbocycles. The van der Waals surface area contributed by atoms with Crippen LogP contribution >= 0.6 is 11.8 Å². The van der Waals surface area contributed by atoms with Crippen molar-refractivity contribution in [3.8, 4) is 5.75 Å². The number of benzene rings is 2. The molecule has 1 aliphatic carbocycles. The molecule has 7 nitrogen and oxygen atoms in total. The summed E-state index contributed by atoms with van der Waals surface area (Å²) in [5, 5.41) is 27.9. The quantitative estimate of drug-likeness (QED) is 0.324. The number of fused-ring (bicyclic) bond motifs is 1. The number of phenolic OH excluding ortho intramolecular Hbond substituents is 1. The Morgan fingerprint density at radius 2 is 1.85 bits per heavy atom. The minimum Gasteiger partial charge on any atom is -0.508 e. The Labute approximate surface area is 248 Å². The van der Waals surface area contributed by atoms with Crippen molar-refractivity contribution in [2.24, 2.45) is 11.8 Å². The number of hydrogen-bond donors (Lipinski definition) is 4. The van der Waals surface area contributed by atoms with Gasteiger partial charge in [-0.2, -0.15) is 0 Å². The SMILES string of the molecule is [2H]C([2H])([2H])c1c(O)cccc1C(=O)N[C@@H](CSc1ccccc1)C([2H])(O)CN1C[C@H]2CCCC[C@H]2C[C@H]1C(=O)NC(C)(C)C. The van der Waals surface area contributed by atoms with Gasteiger partial charge < -0.3 is 20.8 Å². The summed E-state index contributed by atoms with van der Waals surface area (Å²) in [5.74, 6) is -0.613. The van der Waals surface area contributed by atoms with Crippen LogP contribution in [0.3, 0.4) is 0 Å². The van der Waals surface area contributed by atoms with E-state index in [-0.39, 0.29) is 23.8 Å². The molecule has 0 radical (unpaired) electrons. The molecule has 40 heavy (non-hydrogen) atoms. The van der Waals surface area contributed by atoms with Crippen LogP contribution in [0.2, 0.25) is 0 Å². The Morgan fingerprint density at radius 3 is 2.55 bits per heavy atom. The smallest absolute Gasteiger partial charge is 0.252 e. The van der Waals surface area contributed by atoms with Crippen LogP contribution in [0.25, 0.3) is 0 Å². The number of aromatic hydroxyl groups is 1. The molecule has 2 fully saturated rings. The number of thioether (sulfide) groups is 1. The van der Waals surface area contributed by atoms with Crippen molar-refractivity contribution in [1.82, 2.24) is 15.5 Å². The predicted molar refractivity (Wildman–Crippen MR) is 161 cm³/mol. The van der Waals surface area contributed by atoms with Gasteiger partial charge in [0.15, 0.2) is 0 Å². The van der Waals surface area contributed by atoms with Crippen LogP contribution in [0, 0.1) is 18.7 Å². The topological polar surface area (TPSA) is 102 Å². The number of amides is 2. The molecule has 1 saturated carbocycles. The fraction of sp³-hybridized carbons (Fsp3) is 0.562. The third-order valence-corrected chi connectivity index (χ3v) is 8.93. The van der Waals surface area contributed by atoms with Crippen LogP contribution in [0.4, 0.5) is 0 Å². The van der Waals surface area contributed by atoms with Gasteiger partial charge in [-0.1, -0.05) is 43.5 Å². The second-order valence-electron chi connectivity index (χ2n) is 12.1. The summed E-state index contributed by atoms with van der Waals surface area (Å²) in [6.45, 7) is 3.37. The maximum Gasteiger partial charge on any atom is 0.252 e. The number of phenols is 1. The van der Waals surface area contributed by atoms with Crippen LogP contribution < -0.4 is 10.6 Å². The molecule has 4 rings (SSSR count). The summed E-state index contributed by atoms with van der Waals surface area (Å²) in [4.78, 5) is 29.9. The van der Waals surface area contributed by atoms with Gasteiger partial charge in [-0.05, 0) is 76.6 Å². The second-order valence-corrected chi connectivity index (χ2v) is 13.2. The summed E-state index contributed by atoms with van der Waals surface area (Å²) in [7, 11) is 0. The highest BCUT2D eigenvalue weighted by atomic mass is 32.2. The third-order valence-electron chi connectivity index (χ3n) is 7.82. The van der Waals surface area contributed by atoms with Gasteiger partial charge in [0.25, 0.3) is 5.91 Å². The van der Waals surface area contributed by atoms with E-state index < -0.39 is 47.8 Å². The Kier molecular flexibility index (Phi) is 8.44. The van der Waals surface area contributed by atoms with Gasteiger partial charge in [0.1, 0.15) is 5.75 Å². The van der Waals surface area contributed by atoms with Crippen molar-refractivity contribution in [1.29, 1.82) is 0 Å². The maximum absolute atomic E-state index is 13.6. The Hall–Kier alpha value is -2.55. The largest absolute Gasteiger partial charge is 0.508 e. The summed E-state index contributed by atoms with van der Waals surface area (Å²) < 4.78 is 32.8. The van der Waals surface area contributed by atoms with E-state index in [0.717, 1.165) is 30.6 Å². The van der Waals surface area contributed by atoms with Gasteiger partial charge in [-0.25, -0.2) is 0 Å². The minimum absolute atomic E-state index is 0.108. The van der Waals surface area contributed by atoms with Crippen LogP contribution in [-0.4, -0.2) is 69.5 Å². The van der Waals surface area contributed by atoms with Gasteiger partial charge in [-0.3, -0.25) is 14.5 Å². The normalized spacial score (nSPS) is 25.6. The lowest BCUT2D eigenvalue weighted by atomic mass is 9.72. The highest BCUT2D eigenvalue weighted by molar-refractivity contribution is 7.99. The zero-order chi connectivity index (χ0) is 32.3. The predicted octanol–water partition coefficient (Wildman–Crippen LogP) is 4.75. The first kappa shape index (κ1) is 25.2. The average Bonchev–Trinajstić information content (AvgIpc) is 2.93. The molecular weight excluding hydrogens is 522 g/mol. The van der Waals surface area contributed by atoms with E-state index in [4.69, 9.17) is 4.11 Å². The number of nitrogens with zero attached hydrogens (tertiary/aromatic N) is 1. The van der Waals surface area contributed by atoms with Crippen LogP contribution in [0.1, 0.15) is 74.3 Å². The van der Waals surface area contributed by atoms with Crippen LogP contribution in [-0.2, 0) is 4.79 Å². The number of hydrogen-bond acceptors (Lipinski definition) is 6. The second kappa shape index (κ2) is 13.4. The molecular formula is C32H45N3O4S. The molecule has 2 aromatic rings. The van der Waals surface area contributed by atoms with Crippen molar-refractivity contribution < 1.29 is 25.3 Å². The molecule has 2 aliphatic rings. The molecule has 0 spiro atoms. The number of aliphatic hydroxyl groups is 1. The Bertz CT molecular complexity index is 1300. The van der Waals surface area contributed by atoms with Crippen molar-refractivity contribution in [3.05, 3.63) is 59.7 Å². The van der Waals surface area contributed by atoms with Crippen molar-refractivity contribution in [2.75, 3.05) is 18.8 Å². The zero-order valence-electron chi connectivity index (χ0n) is 27.7. The number of nitrogens with one attached hydrogen (secondary N) is 2. The van der Waals surface area contributed by atoms with Crippen LogP contribution in [0.15, 0.2) is 53.4 Å². The molecule has 1 saturated heterocycles. The molecule has 1 unspecified atom stereocenters. The average molecular weight is 572 g/mol. The minimum atomic E-state index is -2.76. The van der Waals surface area contributed by atoms with E-state index in [1.54, 1.807) is 0 Å². The number of piperidine rings is 1. The lowest BCUT2D eigenvalue weighted by Gasteiger charge is -2.47. The van der Waals surface area contributed by atoms with Gasteiger partial charge in [0, 0.05) is 44.5 Å². The molecule has 1 aliphatic heterocycles. The van der Waals surface area contributed by atoms with E-state index >= 15 is 0 Å². The summed E-state index contributed by atoms with van der Waals surface area (Å²) in [6, 6.07) is 11.6. The zero-order valence-corrected chi connectivity index (χ0v) is 24.5. The molecule has 8 heteroatoms. The first-order chi connectivity index (χ1) is 20.5. The summed E-state index contributed by atoms with van der Waals surface area (Å²) >= 11 is 1.35. The molecule has 218 valence electrons. The molecule has 0 aromatic heterocycles. The van der Waals surface area contributed by atoms with Gasteiger partial charge in [-0.15, -0.1) is 11.8 Å². The van der Waals surface area contributed by atoms with E-state index in [0.29, 0.717) is 24.8 Å². The number of carbonyl (C=O) groups is 2. The number of likely N-dealkylation sites (tertiary alicyclic amines) is 1. The van der Waals surface area contributed by atoms with Gasteiger partial charge >= 0.3 is 0 Å². The lowest BCUT2D eigenvalue weighted by molar-refractivity contribution is -0.132. The summed E-state index contributed by atoms with van der Waals surface area (Å²) in [6.07, 6.45) is 2.74. The first-order valence-corrected chi connectivity index (χ1v) is 15.1. The highest BCUT2D eigenvalue weighted by Gasteiger charge is 2.41. The first-order valence-electron chi connectivity index (χ1n) is 16.1. The monoisotopic (exact) mass is 571 g/mol. The number of rotatable bonds is 9. The van der Waals surface area contributed by atoms with Crippen molar-refractivity contribution in [2.45, 2.75) is 88.3 Å². The van der Waals surface area contributed by atoms with E-state index in [1.807, 2.05) is 56.0 Å². The van der Waals surface area contributed by atoms with E-state index in [1.165, 1.54) is 30.0 Å². The fourth-order valence-corrected chi connectivity index (χ4v) is 6.79. The van der Waals surface area contributed by atoms with Crippen molar-refractivity contribution in [3.63, 3.8) is 0 Å². The van der Waals surface area contributed by atoms with Crippen molar-refractivity contribution >= 4 is 23.6 Å². The Balaban J connectivity index is 1.63. The standard InChI is InChI=1S/C32H45N3O4S/c1-21-25(15-10-16-28(21)36)30(38)33-26(20-40-24-13-6-5-7-14-24)29(37)19-35-18-23-12-9-8-11-22(23)17-27(35)31(39)34-32(2,3)4/h5-7,10,13-16,22-23,26-27,29,36-37H,8-9,11-12,17-20H2,1-4H3,(H,33,38)(H,34,39)/t22-,23+,26-,27-,29?/m0/s1/i1D3,29D.